The number of hydrogen-bond acceptors (Lipinski definition) is 5. The summed E-state index contributed by atoms with van der Waals surface area (Å²) in [7, 11) is 1.67. The molecule has 1 amide bonds. The van der Waals surface area contributed by atoms with Crippen LogP contribution >= 0.6 is 12.4 Å². The molecule has 2 aromatic carbocycles. The van der Waals surface area contributed by atoms with Gasteiger partial charge in [-0.05, 0) is 43.2 Å². The summed E-state index contributed by atoms with van der Waals surface area (Å²) in [4.78, 5) is 15.5. The maximum absolute atomic E-state index is 13.5. The van der Waals surface area contributed by atoms with E-state index in [1.165, 1.54) is 0 Å². The Hall–Kier alpha value is -2.44. The molecule has 2 heterocycles. The van der Waals surface area contributed by atoms with Crippen molar-refractivity contribution in [1.82, 2.24) is 10.2 Å². The standard InChI is InChI=1S/C23H28N2O4.ClH/c1-3-28-18-8-9-21-16(13-18)12-17(15-29-21)23(26)25-11-10-24-14-20(25)19-6-4-5-7-22(19)27-2;/h4-9,13,17,20,24H,3,10-12,14-15H2,1-2H3;1H. The van der Waals surface area contributed by atoms with Crippen LogP contribution in [0.2, 0.25) is 0 Å². The molecule has 0 bridgehead atoms. The molecule has 162 valence electrons. The van der Waals surface area contributed by atoms with E-state index in [9.17, 15) is 4.79 Å². The molecule has 0 spiro atoms. The fourth-order valence-corrected chi connectivity index (χ4v) is 4.21. The van der Waals surface area contributed by atoms with Crippen molar-refractivity contribution in [2.75, 3.05) is 40.0 Å². The fraction of sp³-hybridized carbons (Fsp3) is 0.435. The maximum atomic E-state index is 13.5. The molecule has 2 aliphatic heterocycles. The highest BCUT2D eigenvalue weighted by Gasteiger charge is 2.36. The number of nitrogens with zero attached hydrogens (tertiary/aromatic N) is 1. The zero-order chi connectivity index (χ0) is 20.2. The highest BCUT2D eigenvalue weighted by Crippen LogP contribution is 2.35. The minimum Gasteiger partial charge on any atom is -0.496 e. The average molecular weight is 433 g/mol. The number of hydrogen-bond donors (Lipinski definition) is 1. The molecule has 2 unspecified atom stereocenters. The summed E-state index contributed by atoms with van der Waals surface area (Å²) in [6.07, 6.45) is 0.664. The molecule has 2 aliphatic rings. The smallest absolute Gasteiger partial charge is 0.230 e. The van der Waals surface area contributed by atoms with E-state index >= 15 is 0 Å². The van der Waals surface area contributed by atoms with Crippen molar-refractivity contribution < 1.29 is 19.0 Å². The van der Waals surface area contributed by atoms with Crippen LogP contribution in [0, 0.1) is 5.92 Å². The van der Waals surface area contributed by atoms with Crippen LogP contribution in [0.15, 0.2) is 42.5 Å². The number of carbonyl (C=O) groups excluding carboxylic acids is 1. The van der Waals surface area contributed by atoms with Crippen LogP contribution in [0.4, 0.5) is 0 Å². The van der Waals surface area contributed by atoms with Crippen LogP contribution in [0.3, 0.4) is 0 Å². The van der Waals surface area contributed by atoms with E-state index < -0.39 is 0 Å². The number of rotatable bonds is 5. The first-order valence-corrected chi connectivity index (χ1v) is 10.2. The molecule has 0 radical (unpaired) electrons. The molecular formula is C23H29ClN2O4. The monoisotopic (exact) mass is 432 g/mol. The van der Waals surface area contributed by atoms with Crippen LogP contribution < -0.4 is 19.5 Å². The van der Waals surface area contributed by atoms with E-state index in [2.05, 4.69) is 5.32 Å². The maximum Gasteiger partial charge on any atom is 0.230 e. The van der Waals surface area contributed by atoms with E-state index in [-0.39, 0.29) is 30.3 Å². The molecule has 7 heteroatoms. The predicted octanol–water partition coefficient (Wildman–Crippen LogP) is 3.24. The van der Waals surface area contributed by atoms with Gasteiger partial charge in [0.15, 0.2) is 0 Å². The molecule has 1 N–H and O–H groups in total. The molecular weight excluding hydrogens is 404 g/mol. The van der Waals surface area contributed by atoms with Crippen molar-refractivity contribution in [3.8, 4) is 17.2 Å². The van der Waals surface area contributed by atoms with Crippen LogP contribution in [0.5, 0.6) is 17.2 Å². The van der Waals surface area contributed by atoms with Gasteiger partial charge in [-0.3, -0.25) is 4.79 Å². The second kappa shape index (κ2) is 10.0. The summed E-state index contributed by atoms with van der Waals surface area (Å²) >= 11 is 0. The first-order chi connectivity index (χ1) is 14.2. The number of para-hydroxylation sites is 1. The van der Waals surface area contributed by atoms with Gasteiger partial charge in [-0.25, -0.2) is 0 Å². The number of ether oxygens (including phenoxy) is 3. The minimum absolute atomic E-state index is 0. The van der Waals surface area contributed by atoms with Crippen LogP contribution in [-0.4, -0.2) is 50.8 Å². The Morgan fingerprint density at radius 1 is 1.27 bits per heavy atom. The lowest BCUT2D eigenvalue weighted by molar-refractivity contribution is -0.140. The fourth-order valence-electron chi connectivity index (χ4n) is 4.21. The Labute approximate surface area is 183 Å². The van der Waals surface area contributed by atoms with Gasteiger partial charge in [0.25, 0.3) is 0 Å². The van der Waals surface area contributed by atoms with Gasteiger partial charge in [-0.2, -0.15) is 0 Å². The molecule has 0 aliphatic carbocycles. The van der Waals surface area contributed by atoms with Crippen molar-refractivity contribution in [3.63, 3.8) is 0 Å². The van der Waals surface area contributed by atoms with E-state index in [0.29, 0.717) is 32.7 Å². The van der Waals surface area contributed by atoms with Crippen molar-refractivity contribution in [1.29, 1.82) is 0 Å². The zero-order valence-corrected chi connectivity index (χ0v) is 18.2. The third-order valence-electron chi connectivity index (χ3n) is 5.62. The first kappa shape index (κ1) is 22.2. The lowest BCUT2D eigenvalue weighted by atomic mass is 9.93. The third-order valence-corrected chi connectivity index (χ3v) is 5.62. The molecule has 2 aromatic rings. The molecule has 1 fully saturated rings. The topological polar surface area (TPSA) is 60.0 Å². The largest absolute Gasteiger partial charge is 0.496 e. The molecule has 30 heavy (non-hydrogen) atoms. The van der Waals surface area contributed by atoms with E-state index in [4.69, 9.17) is 14.2 Å². The number of amides is 1. The van der Waals surface area contributed by atoms with Crippen molar-refractivity contribution in [2.45, 2.75) is 19.4 Å². The Morgan fingerprint density at radius 2 is 2.10 bits per heavy atom. The minimum atomic E-state index is -0.199. The highest BCUT2D eigenvalue weighted by atomic mass is 35.5. The molecule has 0 aromatic heterocycles. The predicted molar refractivity (Wildman–Crippen MR) is 118 cm³/mol. The number of methoxy groups -OCH3 is 1. The van der Waals surface area contributed by atoms with Gasteiger partial charge in [-0.15, -0.1) is 12.4 Å². The summed E-state index contributed by atoms with van der Waals surface area (Å²) in [5, 5.41) is 3.41. The average Bonchev–Trinajstić information content (AvgIpc) is 2.78. The number of nitrogens with one attached hydrogen (secondary N) is 1. The summed E-state index contributed by atoms with van der Waals surface area (Å²) in [6, 6.07) is 13.7. The number of piperazine rings is 1. The molecule has 0 saturated carbocycles. The lowest BCUT2D eigenvalue weighted by Crippen LogP contribution is -2.52. The van der Waals surface area contributed by atoms with Gasteiger partial charge >= 0.3 is 0 Å². The molecule has 4 rings (SSSR count). The van der Waals surface area contributed by atoms with Crippen molar-refractivity contribution in [3.05, 3.63) is 53.6 Å². The summed E-state index contributed by atoms with van der Waals surface area (Å²) in [6.45, 7) is 5.15. The quantitative estimate of drug-likeness (QED) is 0.786. The Morgan fingerprint density at radius 3 is 2.90 bits per heavy atom. The Bertz CT molecular complexity index is 876. The second-order valence-corrected chi connectivity index (χ2v) is 7.41. The number of carbonyl (C=O) groups is 1. The number of benzene rings is 2. The van der Waals surface area contributed by atoms with Gasteiger partial charge in [0.1, 0.15) is 23.9 Å². The normalized spacial score (nSPS) is 20.4. The van der Waals surface area contributed by atoms with E-state index in [0.717, 1.165) is 34.9 Å². The Balaban J connectivity index is 0.00000256. The Kier molecular flexibility index (Phi) is 7.45. The van der Waals surface area contributed by atoms with E-state index in [1.807, 2.05) is 54.3 Å². The molecule has 6 nitrogen and oxygen atoms in total. The van der Waals surface area contributed by atoms with Crippen LogP contribution in [0.25, 0.3) is 0 Å². The SMILES string of the molecule is CCOc1ccc2c(c1)CC(C(=O)N1CCNCC1c1ccccc1OC)CO2.Cl. The van der Waals surface area contributed by atoms with E-state index in [1.54, 1.807) is 7.11 Å². The van der Waals surface area contributed by atoms with Crippen LogP contribution in [-0.2, 0) is 11.2 Å². The third kappa shape index (κ3) is 4.50. The number of fused-ring (bicyclic) bond motifs is 1. The van der Waals surface area contributed by atoms with Crippen molar-refractivity contribution in [2.24, 2.45) is 5.92 Å². The van der Waals surface area contributed by atoms with Crippen molar-refractivity contribution >= 4 is 18.3 Å². The van der Waals surface area contributed by atoms with Gasteiger partial charge in [-0.1, -0.05) is 18.2 Å². The highest BCUT2D eigenvalue weighted by molar-refractivity contribution is 5.85. The lowest BCUT2D eigenvalue weighted by Gasteiger charge is -2.39. The summed E-state index contributed by atoms with van der Waals surface area (Å²) in [5.74, 6) is 2.41. The summed E-state index contributed by atoms with van der Waals surface area (Å²) in [5.41, 5.74) is 2.07. The molecule has 1 saturated heterocycles. The van der Waals surface area contributed by atoms with Gasteiger partial charge < -0.3 is 24.4 Å². The second-order valence-electron chi connectivity index (χ2n) is 7.41. The van der Waals surface area contributed by atoms with Gasteiger partial charge in [0.2, 0.25) is 5.91 Å². The van der Waals surface area contributed by atoms with Gasteiger partial charge in [0.05, 0.1) is 25.7 Å². The summed E-state index contributed by atoms with van der Waals surface area (Å²) < 4.78 is 17.1. The first-order valence-electron chi connectivity index (χ1n) is 10.2. The van der Waals surface area contributed by atoms with Gasteiger partial charge in [0, 0.05) is 25.2 Å². The molecule has 2 atom stereocenters. The zero-order valence-electron chi connectivity index (χ0n) is 17.4. The number of halogens is 1. The van der Waals surface area contributed by atoms with Crippen LogP contribution in [0.1, 0.15) is 24.1 Å².